The van der Waals surface area contributed by atoms with Crippen LogP contribution in [0.1, 0.15) is 52.6 Å². The molecule has 0 saturated carbocycles. The lowest BCUT2D eigenvalue weighted by atomic mass is 9.85. The Morgan fingerprint density at radius 2 is 1.76 bits per heavy atom. The summed E-state index contributed by atoms with van der Waals surface area (Å²) in [7, 11) is 2.68. The summed E-state index contributed by atoms with van der Waals surface area (Å²) in [5.41, 5.74) is -0.178. The first-order valence-electron chi connectivity index (χ1n) is 12.1. The lowest BCUT2D eigenvalue weighted by Crippen LogP contribution is -2.22. The van der Waals surface area contributed by atoms with Crippen molar-refractivity contribution in [3.05, 3.63) is 102 Å². The van der Waals surface area contributed by atoms with Gasteiger partial charge >= 0.3 is 11.7 Å². The normalized spacial score (nSPS) is 11.3. The number of benzene rings is 3. The molecule has 0 fully saturated rings. The van der Waals surface area contributed by atoms with Gasteiger partial charge < -0.3 is 9.47 Å². The second-order valence-electron chi connectivity index (χ2n) is 9.81. The average molecular weight is 597 g/mol. The summed E-state index contributed by atoms with van der Waals surface area (Å²) in [4.78, 5) is 50.0. The van der Waals surface area contributed by atoms with Crippen LogP contribution in [0.4, 0.5) is 5.69 Å². The maximum absolute atomic E-state index is 13.3. The van der Waals surface area contributed by atoms with Crippen molar-refractivity contribution in [1.82, 2.24) is 14.8 Å². The van der Waals surface area contributed by atoms with Gasteiger partial charge in [0.25, 0.3) is 5.69 Å². The molecule has 0 aliphatic heterocycles. The van der Waals surface area contributed by atoms with E-state index in [2.05, 4.69) is 10.2 Å². The van der Waals surface area contributed by atoms with Gasteiger partial charge in [-0.2, -0.15) is 0 Å². The number of nitro benzene ring substituents is 1. The molecule has 0 atom stereocenters. The van der Waals surface area contributed by atoms with Gasteiger partial charge in [0.1, 0.15) is 5.75 Å². The third-order valence-electron chi connectivity index (χ3n) is 6.16. The Morgan fingerprint density at radius 3 is 2.37 bits per heavy atom. The first-order chi connectivity index (χ1) is 19.4. The predicted molar refractivity (Wildman–Crippen MR) is 153 cm³/mol. The van der Waals surface area contributed by atoms with Crippen molar-refractivity contribution >= 4 is 40.8 Å². The minimum atomic E-state index is -0.708. The summed E-state index contributed by atoms with van der Waals surface area (Å²) in [6.07, 6.45) is 0. The van der Waals surface area contributed by atoms with Gasteiger partial charge in [-0.1, -0.05) is 50.6 Å². The number of hydrogen-bond donors (Lipinski definition) is 1. The lowest BCUT2D eigenvalue weighted by molar-refractivity contribution is -0.387. The van der Waals surface area contributed by atoms with Crippen LogP contribution in [0.15, 0.2) is 69.4 Å². The third kappa shape index (κ3) is 5.88. The third-order valence-corrected chi connectivity index (χ3v) is 7.47. The second kappa shape index (κ2) is 11.6. The summed E-state index contributed by atoms with van der Waals surface area (Å²) < 4.78 is 11.4. The van der Waals surface area contributed by atoms with Gasteiger partial charge in [-0.15, -0.1) is 5.10 Å². The highest BCUT2D eigenvalue weighted by Gasteiger charge is 2.27. The van der Waals surface area contributed by atoms with Crippen LogP contribution in [0.5, 0.6) is 5.75 Å². The number of ketones is 1. The Hall–Kier alpha value is -4.42. The SMILES string of the molecule is COC(=O)c1ccccc1C(=O)c1ccc(Sc2n[nH]c(=O)n2-c2cc(Cl)c(OC)cc2C(C)(C)C)c([N+](=O)[O-])c1. The molecule has 4 rings (SSSR count). The molecule has 0 aliphatic rings. The van der Waals surface area contributed by atoms with E-state index in [0.29, 0.717) is 11.4 Å². The van der Waals surface area contributed by atoms with Gasteiger partial charge in [-0.05, 0) is 53.1 Å². The number of halogens is 1. The molecule has 0 saturated heterocycles. The fourth-order valence-corrected chi connectivity index (χ4v) is 5.33. The van der Waals surface area contributed by atoms with Crippen molar-refractivity contribution in [2.75, 3.05) is 14.2 Å². The van der Waals surface area contributed by atoms with E-state index >= 15 is 0 Å². The van der Waals surface area contributed by atoms with Gasteiger partial charge in [0.2, 0.25) is 5.16 Å². The van der Waals surface area contributed by atoms with Crippen molar-refractivity contribution in [3.8, 4) is 11.4 Å². The van der Waals surface area contributed by atoms with Gasteiger partial charge in [-0.25, -0.2) is 19.3 Å². The van der Waals surface area contributed by atoms with Gasteiger partial charge in [0, 0.05) is 17.2 Å². The van der Waals surface area contributed by atoms with Crippen LogP contribution in [0.25, 0.3) is 5.69 Å². The van der Waals surface area contributed by atoms with Crippen LogP contribution in [-0.4, -0.2) is 45.7 Å². The van der Waals surface area contributed by atoms with E-state index < -0.39 is 27.8 Å². The maximum Gasteiger partial charge on any atom is 0.348 e. The number of ether oxygens (including phenoxy) is 2. The van der Waals surface area contributed by atoms with Crippen LogP contribution in [0, 0.1) is 10.1 Å². The number of aromatic amines is 1. The summed E-state index contributed by atoms with van der Waals surface area (Å²) in [5, 5.41) is 19.0. The van der Waals surface area contributed by atoms with Crippen molar-refractivity contribution < 1.29 is 24.0 Å². The molecule has 1 aromatic heterocycles. The van der Waals surface area contributed by atoms with E-state index in [1.165, 1.54) is 43.1 Å². The Morgan fingerprint density at radius 1 is 1.07 bits per heavy atom. The molecule has 4 aromatic rings. The number of carbonyl (C=O) groups excluding carboxylic acids is 2. The first-order valence-corrected chi connectivity index (χ1v) is 13.3. The minimum Gasteiger partial charge on any atom is -0.495 e. The van der Waals surface area contributed by atoms with Gasteiger partial charge in [0.05, 0.1) is 40.3 Å². The largest absolute Gasteiger partial charge is 0.495 e. The molecule has 41 heavy (non-hydrogen) atoms. The molecule has 0 unspecified atom stereocenters. The summed E-state index contributed by atoms with van der Waals surface area (Å²) >= 11 is 7.28. The molecule has 212 valence electrons. The Labute approximate surface area is 243 Å². The highest BCUT2D eigenvalue weighted by Crippen LogP contribution is 2.39. The molecule has 3 aromatic carbocycles. The van der Waals surface area contributed by atoms with E-state index in [4.69, 9.17) is 21.1 Å². The summed E-state index contributed by atoms with van der Waals surface area (Å²) in [6, 6.07) is 13.3. The molecule has 11 nitrogen and oxygen atoms in total. The molecule has 1 N–H and O–H groups in total. The molecular formula is C28H25ClN4O7S. The lowest BCUT2D eigenvalue weighted by Gasteiger charge is -2.24. The van der Waals surface area contributed by atoms with Crippen molar-refractivity contribution in [2.45, 2.75) is 36.2 Å². The number of H-pyrrole nitrogens is 1. The average Bonchev–Trinajstić information content (AvgIpc) is 3.30. The number of hydrogen-bond acceptors (Lipinski definition) is 9. The monoisotopic (exact) mass is 596 g/mol. The second-order valence-corrected chi connectivity index (χ2v) is 11.2. The summed E-state index contributed by atoms with van der Waals surface area (Å²) in [5.74, 6) is -0.874. The molecule has 1 heterocycles. The zero-order chi connectivity index (χ0) is 30.1. The van der Waals surface area contributed by atoms with E-state index in [-0.39, 0.29) is 37.5 Å². The van der Waals surface area contributed by atoms with E-state index in [9.17, 15) is 24.5 Å². The minimum absolute atomic E-state index is 0.00576. The van der Waals surface area contributed by atoms with E-state index in [1.807, 2.05) is 20.8 Å². The number of methoxy groups -OCH3 is 2. The highest BCUT2D eigenvalue weighted by atomic mass is 35.5. The molecule has 0 spiro atoms. The van der Waals surface area contributed by atoms with Crippen molar-refractivity contribution in [3.63, 3.8) is 0 Å². The van der Waals surface area contributed by atoms with E-state index in [1.54, 1.807) is 24.3 Å². The Balaban J connectivity index is 1.80. The molecule has 0 amide bonds. The fourth-order valence-electron chi connectivity index (χ4n) is 4.16. The maximum atomic E-state index is 13.3. The first kappa shape index (κ1) is 29.6. The predicted octanol–water partition coefficient (Wildman–Crippen LogP) is 5.60. The quantitative estimate of drug-likeness (QED) is 0.119. The number of rotatable bonds is 8. The number of nitrogens with zero attached hydrogens (tertiary/aromatic N) is 3. The number of aromatic nitrogens is 3. The fraction of sp³-hybridized carbons (Fsp3) is 0.214. The smallest absolute Gasteiger partial charge is 0.348 e. The number of carbonyl (C=O) groups is 2. The van der Waals surface area contributed by atoms with Crippen LogP contribution >= 0.6 is 23.4 Å². The van der Waals surface area contributed by atoms with Crippen molar-refractivity contribution in [1.29, 1.82) is 0 Å². The topological polar surface area (TPSA) is 146 Å². The Bertz CT molecular complexity index is 1740. The van der Waals surface area contributed by atoms with Crippen LogP contribution in [-0.2, 0) is 10.2 Å². The summed E-state index contributed by atoms with van der Waals surface area (Å²) in [6.45, 7) is 5.86. The number of esters is 1. The van der Waals surface area contributed by atoms with Gasteiger partial charge in [-0.3, -0.25) is 14.9 Å². The van der Waals surface area contributed by atoms with Gasteiger partial charge in [0.15, 0.2) is 5.78 Å². The molecule has 13 heteroatoms. The highest BCUT2D eigenvalue weighted by molar-refractivity contribution is 7.99. The van der Waals surface area contributed by atoms with Crippen LogP contribution in [0.3, 0.4) is 0 Å². The van der Waals surface area contributed by atoms with Crippen LogP contribution < -0.4 is 10.4 Å². The zero-order valence-electron chi connectivity index (χ0n) is 22.7. The standard InChI is InChI=1S/C28H25ClN4O7S/c1-28(2,3)18-13-22(39-4)19(29)14-20(18)32-26(36)30-31-27(32)41-23-11-10-15(12-21(23)33(37)38)24(34)16-8-6-7-9-17(16)25(35)40-5/h6-14H,1-5H3,(H,30,36). The Kier molecular flexibility index (Phi) is 8.36. The molecule has 0 radical (unpaired) electrons. The zero-order valence-corrected chi connectivity index (χ0v) is 24.3. The molecule has 0 bridgehead atoms. The number of nitrogens with one attached hydrogen (secondary N) is 1. The molecule has 0 aliphatic carbocycles. The van der Waals surface area contributed by atoms with Crippen LogP contribution in [0.2, 0.25) is 5.02 Å². The van der Waals surface area contributed by atoms with E-state index in [0.717, 1.165) is 23.4 Å². The number of nitro groups is 1. The molecular weight excluding hydrogens is 572 g/mol. The van der Waals surface area contributed by atoms with Crippen molar-refractivity contribution in [2.24, 2.45) is 0 Å².